The number of carbonyl (C=O) groups is 1. The van der Waals surface area contributed by atoms with E-state index in [0.717, 1.165) is 24.0 Å². The molecular formula is C20H22O4. The highest BCUT2D eigenvalue weighted by Gasteiger charge is 2.32. The molecule has 0 radical (unpaired) electrons. The lowest BCUT2D eigenvalue weighted by Gasteiger charge is -2.27. The predicted molar refractivity (Wildman–Crippen MR) is 90.4 cm³/mol. The molecule has 0 aliphatic carbocycles. The van der Waals surface area contributed by atoms with Crippen molar-refractivity contribution in [1.29, 1.82) is 0 Å². The van der Waals surface area contributed by atoms with Crippen LogP contribution in [0.3, 0.4) is 0 Å². The van der Waals surface area contributed by atoms with E-state index in [-0.39, 0.29) is 0 Å². The number of rotatable bonds is 5. The van der Waals surface area contributed by atoms with Gasteiger partial charge in [-0.15, -0.1) is 0 Å². The van der Waals surface area contributed by atoms with Gasteiger partial charge in [0.1, 0.15) is 0 Å². The van der Waals surface area contributed by atoms with Gasteiger partial charge in [0, 0.05) is 12.3 Å². The summed E-state index contributed by atoms with van der Waals surface area (Å²) >= 11 is 0. The van der Waals surface area contributed by atoms with Gasteiger partial charge in [0.05, 0.1) is 6.61 Å². The molecular weight excluding hydrogens is 304 g/mol. The first-order valence-electron chi connectivity index (χ1n) is 8.36. The first-order valence-corrected chi connectivity index (χ1v) is 8.36. The molecule has 2 aromatic carbocycles. The zero-order valence-corrected chi connectivity index (χ0v) is 13.5. The summed E-state index contributed by atoms with van der Waals surface area (Å²) < 4.78 is 10.8. The zero-order valence-electron chi connectivity index (χ0n) is 13.5. The number of hydrogen-bond acceptors (Lipinski definition) is 4. The van der Waals surface area contributed by atoms with Crippen LogP contribution in [0.4, 0.5) is 0 Å². The minimum Gasteiger partial charge on any atom is -0.434 e. The third-order valence-electron chi connectivity index (χ3n) is 4.26. The fourth-order valence-electron chi connectivity index (χ4n) is 3.02. The van der Waals surface area contributed by atoms with Crippen molar-refractivity contribution in [3.05, 3.63) is 71.8 Å². The molecule has 1 aliphatic heterocycles. The Bertz CT molecular complexity index is 596. The van der Waals surface area contributed by atoms with E-state index < -0.39 is 24.3 Å². The Morgan fingerprint density at radius 1 is 1.00 bits per heavy atom. The summed E-state index contributed by atoms with van der Waals surface area (Å²) in [7, 11) is 0. The van der Waals surface area contributed by atoms with E-state index in [0.29, 0.717) is 13.0 Å². The van der Waals surface area contributed by atoms with E-state index in [9.17, 15) is 9.90 Å². The Kier molecular flexibility index (Phi) is 5.62. The first-order chi connectivity index (χ1) is 11.8. The molecule has 1 aliphatic rings. The predicted octanol–water partition coefficient (Wildman–Crippen LogP) is 3.25. The molecule has 1 heterocycles. The molecule has 0 bridgehead atoms. The van der Waals surface area contributed by atoms with Crippen LogP contribution in [0.15, 0.2) is 60.7 Å². The van der Waals surface area contributed by atoms with Crippen LogP contribution in [-0.4, -0.2) is 30.1 Å². The maximum absolute atomic E-state index is 12.4. The number of aliphatic hydroxyl groups excluding tert-OH is 1. The highest BCUT2D eigenvalue weighted by atomic mass is 16.7. The fraction of sp³-hybridized carbons (Fsp3) is 0.350. The van der Waals surface area contributed by atoms with Crippen LogP contribution in [0.2, 0.25) is 0 Å². The molecule has 4 nitrogen and oxygen atoms in total. The summed E-state index contributed by atoms with van der Waals surface area (Å²) in [4.78, 5) is 12.4. The topological polar surface area (TPSA) is 55.8 Å². The Hall–Kier alpha value is -2.17. The van der Waals surface area contributed by atoms with Gasteiger partial charge in [0.15, 0.2) is 6.10 Å². The molecule has 1 fully saturated rings. The molecule has 0 amide bonds. The lowest BCUT2D eigenvalue weighted by atomic mass is 9.86. The first kappa shape index (κ1) is 16.7. The van der Waals surface area contributed by atoms with Gasteiger partial charge in [0.25, 0.3) is 0 Å². The van der Waals surface area contributed by atoms with E-state index in [1.165, 1.54) is 0 Å². The fourth-order valence-corrected chi connectivity index (χ4v) is 3.02. The van der Waals surface area contributed by atoms with Gasteiger partial charge in [-0.25, -0.2) is 4.79 Å². The van der Waals surface area contributed by atoms with Gasteiger partial charge >= 0.3 is 5.97 Å². The lowest BCUT2D eigenvalue weighted by molar-refractivity contribution is -0.195. The third kappa shape index (κ3) is 4.02. The molecule has 0 aromatic heterocycles. The molecule has 3 rings (SSSR count). The second-order valence-corrected chi connectivity index (χ2v) is 5.98. The van der Waals surface area contributed by atoms with Gasteiger partial charge in [0.2, 0.25) is 6.29 Å². The zero-order chi connectivity index (χ0) is 16.8. The van der Waals surface area contributed by atoms with Gasteiger partial charge < -0.3 is 14.6 Å². The van der Waals surface area contributed by atoms with E-state index in [4.69, 9.17) is 9.47 Å². The van der Waals surface area contributed by atoms with Crippen LogP contribution in [0.1, 0.15) is 36.3 Å². The number of benzene rings is 2. The van der Waals surface area contributed by atoms with Gasteiger partial charge in [-0.2, -0.15) is 0 Å². The number of ether oxygens (including phenoxy) is 2. The minimum atomic E-state index is -1.28. The van der Waals surface area contributed by atoms with Crippen molar-refractivity contribution in [3.63, 3.8) is 0 Å². The SMILES string of the molecule is O=C(OC1CCCCO1)C(O)C(c1ccccc1)c1ccccc1. The van der Waals surface area contributed by atoms with Crippen LogP contribution in [0, 0.1) is 0 Å². The van der Waals surface area contributed by atoms with Crippen LogP contribution in [0.25, 0.3) is 0 Å². The van der Waals surface area contributed by atoms with Gasteiger partial charge in [-0.3, -0.25) is 0 Å². The average Bonchev–Trinajstić information content (AvgIpc) is 2.64. The van der Waals surface area contributed by atoms with Crippen molar-refractivity contribution in [2.75, 3.05) is 6.61 Å². The molecule has 0 spiro atoms. The molecule has 126 valence electrons. The average molecular weight is 326 g/mol. The Balaban J connectivity index is 1.80. The van der Waals surface area contributed by atoms with Crippen molar-refractivity contribution in [2.45, 2.75) is 37.6 Å². The second kappa shape index (κ2) is 8.08. The standard InChI is InChI=1S/C20H22O4/c21-19(20(22)24-17-13-7-8-14-23-17)18(15-9-3-1-4-10-15)16-11-5-2-6-12-16/h1-6,9-12,17-19,21H,7-8,13-14H2. The Morgan fingerprint density at radius 3 is 2.08 bits per heavy atom. The summed E-state index contributed by atoms with van der Waals surface area (Å²) in [6, 6.07) is 19.0. The second-order valence-electron chi connectivity index (χ2n) is 5.98. The summed E-state index contributed by atoms with van der Waals surface area (Å²) in [6.07, 6.45) is 0.801. The summed E-state index contributed by atoms with van der Waals surface area (Å²) in [6.45, 7) is 0.592. The minimum absolute atomic E-state index is 0.469. The molecule has 2 aromatic rings. The number of hydrogen-bond donors (Lipinski definition) is 1. The number of carbonyl (C=O) groups excluding carboxylic acids is 1. The van der Waals surface area contributed by atoms with E-state index >= 15 is 0 Å². The van der Waals surface area contributed by atoms with E-state index in [1.54, 1.807) is 0 Å². The molecule has 0 saturated carbocycles. The smallest absolute Gasteiger partial charge is 0.338 e. The quantitative estimate of drug-likeness (QED) is 0.857. The Labute approximate surface area is 142 Å². The van der Waals surface area contributed by atoms with Crippen molar-refractivity contribution in [1.82, 2.24) is 0 Å². The lowest BCUT2D eigenvalue weighted by Crippen LogP contribution is -2.35. The maximum atomic E-state index is 12.4. The highest BCUT2D eigenvalue weighted by molar-refractivity contribution is 5.76. The summed E-state index contributed by atoms with van der Waals surface area (Å²) in [5.41, 5.74) is 1.75. The van der Waals surface area contributed by atoms with Gasteiger partial charge in [-0.05, 0) is 24.0 Å². The molecule has 4 heteroatoms. The third-order valence-corrected chi connectivity index (χ3v) is 4.26. The van der Waals surface area contributed by atoms with Crippen molar-refractivity contribution in [3.8, 4) is 0 Å². The number of esters is 1. The highest BCUT2D eigenvalue weighted by Crippen LogP contribution is 2.29. The van der Waals surface area contributed by atoms with E-state index in [2.05, 4.69) is 0 Å². The monoisotopic (exact) mass is 326 g/mol. The van der Waals surface area contributed by atoms with Crippen molar-refractivity contribution in [2.24, 2.45) is 0 Å². The van der Waals surface area contributed by atoms with Crippen molar-refractivity contribution < 1.29 is 19.4 Å². The Morgan fingerprint density at radius 2 is 1.58 bits per heavy atom. The summed E-state index contributed by atoms with van der Waals surface area (Å²) in [5, 5.41) is 10.7. The van der Waals surface area contributed by atoms with E-state index in [1.807, 2.05) is 60.7 Å². The largest absolute Gasteiger partial charge is 0.434 e. The van der Waals surface area contributed by atoms with Gasteiger partial charge in [-0.1, -0.05) is 60.7 Å². The number of aliphatic hydroxyl groups is 1. The molecule has 1 saturated heterocycles. The maximum Gasteiger partial charge on any atom is 0.338 e. The van der Waals surface area contributed by atoms with Crippen LogP contribution in [0.5, 0.6) is 0 Å². The molecule has 24 heavy (non-hydrogen) atoms. The van der Waals surface area contributed by atoms with Crippen LogP contribution >= 0.6 is 0 Å². The van der Waals surface area contributed by atoms with Crippen LogP contribution in [-0.2, 0) is 14.3 Å². The summed E-state index contributed by atoms with van der Waals surface area (Å²) in [5.74, 6) is -1.11. The normalized spacial score (nSPS) is 19.0. The van der Waals surface area contributed by atoms with Crippen molar-refractivity contribution >= 4 is 5.97 Å². The van der Waals surface area contributed by atoms with Crippen LogP contribution < -0.4 is 0 Å². The molecule has 2 atom stereocenters. The molecule has 1 N–H and O–H groups in total. The molecule has 2 unspecified atom stereocenters.